The zero-order chi connectivity index (χ0) is 13.9. The SMILES string of the molecule is CCOC(=O)C(F)(F)C(O)c1cc(C)ccc1F. The van der Waals surface area contributed by atoms with Crippen molar-refractivity contribution in [2.75, 3.05) is 6.61 Å². The number of alkyl halides is 2. The Labute approximate surface area is 102 Å². The summed E-state index contributed by atoms with van der Waals surface area (Å²) in [4.78, 5) is 11.0. The molecule has 0 aliphatic rings. The van der Waals surface area contributed by atoms with E-state index in [0.29, 0.717) is 5.56 Å². The first-order chi connectivity index (χ1) is 8.30. The lowest BCUT2D eigenvalue weighted by molar-refractivity contribution is -0.189. The number of carbonyl (C=O) groups is 1. The number of aliphatic hydroxyl groups is 1. The van der Waals surface area contributed by atoms with Gasteiger partial charge in [-0.1, -0.05) is 17.7 Å². The van der Waals surface area contributed by atoms with Crippen LogP contribution in [0.5, 0.6) is 0 Å². The van der Waals surface area contributed by atoms with Crippen LogP contribution in [0.4, 0.5) is 13.2 Å². The lowest BCUT2D eigenvalue weighted by atomic mass is 10.0. The van der Waals surface area contributed by atoms with E-state index in [1.54, 1.807) is 6.92 Å². The van der Waals surface area contributed by atoms with E-state index < -0.39 is 29.4 Å². The quantitative estimate of drug-likeness (QED) is 0.847. The summed E-state index contributed by atoms with van der Waals surface area (Å²) >= 11 is 0. The standard InChI is InChI=1S/C12H13F3O3/c1-3-18-11(17)12(14,15)10(16)8-6-7(2)4-5-9(8)13/h4-6,10,16H,3H2,1-2H3. The highest BCUT2D eigenvalue weighted by Crippen LogP contribution is 2.34. The Bertz CT molecular complexity index is 446. The van der Waals surface area contributed by atoms with Crippen LogP contribution in [0.25, 0.3) is 0 Å². The predicted octanol–water partition coefficient (Wildman–Crippen LogP) is 2.37. The van der Waals surface area contributed by atoms with E-state index in [4.69, 9.17) is 0 Å². The average Bonchev–Trinajstić information content (AvgIpc) is 2.31. The number of aryl methyl sites for hydroxylation is 1. The number of rotatable bonds is 4. The van der Waals surface area contributed by atoms with Crippen molar-refractivity contribution in [2.24, 2.45) is 0 Å². The van der Waals surface area contributed by atoms with Gasteiger partial charge in [0.2, 0.25) is 0 Å². The molecule has 0 bridgehead atoms. The molecule has 0 aliphatic heterocycles. The summed E-state index contributed by atoms with van der Waals surface area (Å²) < 4.78 is 44.5. The molecule has 1 aromatic rings. The molecule has 0 radical (unpaired) electrons. The molecule has 1 rings (SSSR count). The van der Waals surface area contributed by atoms with E-state index >= 15 is 0 Å². The third kappa shape index (κ3) is 2.81. The molecule has 1 unspecified atom stereocenters. The Morgan fingerprint density at radius 2 is 2.11 bits per heavy atom. The second-order valence-corrected chi connectivity index (χ2v) is 3.77. The Kier molecular flexibility index (Phi) is 4.34. The summed E-state index contributed by atoms with van der Waals surface area (Å²) in [6, 6.07) is 3.39. The maximum atomic E-state index is 13.5. The zero-order valence-corrected chi connectivity index (χ0v) is 9.91. The molecule has 100 valence electrons. The molecule has 1 atom stereocenters. The van der Waals surface area contributed by atoms with Crippen LogP contribution in [0.2, 0.25) is 0 Å². The van der Waals surface area contributed by atoms with Gasteiger partial charge in [-0.2, -0.15) is 8.78 Å². The summed E-state index contributed by atoms with van der Waals surface area (Å²) in [6.45, 7) is 2.66. The van der Waals surface area contributed by atoms with Gasteiger partial charge in [-0.25, -0.2) is 9.18 Å². The molecule has 1 aromatic carbocycles. The Hall–Kier alpha value is -1.56. The van der Waals surface area contributed by atoms with E-state index in [2.05, 4.69) is 4.74 Å². The monoisotopic (exact) mass is 262 g/mol. The first-order valence-electron chi connectivity index (χ1n) is 5.29. The van der Waals surface area contributed by atoms with Crippen LogP contribution in [0.15, 0.2) is 18.2 Å². The molecule has 0 saturated heterocycles. The number of hydrogen-bond donors (Lipinski definition) is 1. The fourth-order valence-corrected chi connectivity index (χ4v) is 1.41. The highest BCUT2D eigenvalue weighted by molar-refractivity contribution is 5.78. The number of carbonyl (C=O) groups excluding carboxylic acids is 1. The maximum absolute atomic E-state index is 13.5. The van der Waals surface area contributed by atoms with Gasteiger partial charge in [-0.05, 0) is 19.9 Å². The molecule has 0 saturated carbocycles. The van der Waals surface area contributed by atoms with Gasteiger partial charge in [0.1, 0.15) is 5.82 Å². The van der Waals surface area contributed by atoms with Crippen LogP contribution in [0.3, 0.4) is 0 Å². The lowest BCUT2D eigenvalue weighted by Crippen LogP contribution is -2.37. The first kappa shape index (κ1) is 14.5. The average molecular weight is 262 g/mol. The van der Waals surface area contributed by atoms with E-state index in [9.17, 15) is 23.1 Å². The van der Waals surface area contributed by atoms with Gasteiger partial charge in [-0.3, -0.25) is 0 Å². The number of hydrogen-bond acceptors (Lipinski definition) is 3. The molecular formula is C12H13F3O3. The summed E-state index contributed by atoms with van der Waals surface area (Å²) in [5.74, 6) is -7.07. The predicted molar refractivity (Wildman–Crippen MR) is 57.7 cm³/mol. The van der Waals surface area contributed by atoms with Crippen molar-refractivity contribution < 1.29 is 27.8 Å². The summed E-state index contributed by atoms with van der Waals surface area (Å²) in [5.41, 5.74) is -0.141. The molecule has 1 N–H and O–H groups in total. The van der Waals surface area contributed by atoms with Crippen molar-refractivity contribution in [2.45, 2.75) is 25.9 Å². The Balaban J connectivity index is 3.08. The van der Waals surface area contributed by atoms with Crippen molar-refractivity contribution in [1.82, 2.24) is 0 Å². The highest BCUT2D eigenvalue weighted by atomic mass is 19.3. The largest absolute Gasteiger partial charge is 0.461 e. The number of halogens is 3. The van der Waals surface area contributed by atoms with Crippen LogP contribution in [0.1, 0.15) is 24.2 Å². The van der Waals surface area contributed by atoms with Gasteiger partial charge in [0, 0.05) is 5.56 Å². The fraction of sp³-hybridized carbons (Fsp3) is 0.417. The van der Waals surface area contributed by atoms with Gasteiger partial charge in [0.05, 0.1) is 6.61 Å². The normalized spacial score (nSPS) is 13.2. The van der Waals surface area contributed by atoms with Crippen LogP contribution in [-0.2, 0) is 9.53 Å². The van der Waals surface area contributed by atoms with Crippen LogP contribution in [-0.4, -0.2) is 23.6 Å². The first-order valence-corrected chi connectivity index (χ1v) is 5.29. The van der Waals surface area contributed by atoms with E-state index in [1.165, 1.54) is 13.0 Å². The molecule has 0 aliphatic carbocycles. The minimum atomic E-state index is -4.19. The Morgan fingerprint density at radius 1 is 1.50 bits per heavy atom. The second kappa shape index (κ2) is 5.39. The number of esters is 1. The molecule has 6 heteroatoms. The van der Waals surface area contributed by atoms with Gasteiger partial charge in [0.25, 0.3) is 0 Å². The van der Waals surface area contributed by atoms with Gasteiger partial charge in [0.15, 0.2) is 6.10 Å². The van der Waals surface area contributed by atoms with Crippen LogP contribution >= 0.6 is 0 Å². The summed E-state index contributed by atoms with van der Waals surface area (Å²) in [5, 5.41) is 9.46. The van der Waals surface area contributed by atoms with E-state index in [0.717, 1.165) is 12.1 Å². The molecule has 3 nitrogen and oxygen atoms in total. The number of benzene rings is 1. The summed E-state index contributed by atoms with van der Waals surface area (Å²) in [7, 11) is 0. The van der Waals surface area contributed by atoms with Crippen molar-refractivity contribution in [3.05, 3.63) is 35.1 Å². The minimum Gasteiger partial charge on any atom is -0.461 e. The number of aliphatic hydroxyl groups excluding tert-OH is 1. The topological polar surface area (TPSA) is 46.5 Å². The van der Waals surface area contributed by atoms with E-state index in [1.807, 2.05) is 0 Å². The van der Waals surface area contributed by atoms with Gasteiger partial charge in [-0.15, -0.1) is 0 Å². The van der Waals surface area contributed by atoms with E-state index in [-0.39, 0.29) is 6.61 Å². The second-order valence-electron chi connectivity index (χ2n) is 3.77. The van der Waals surface area contributed by atoms with Gasteiger partial charge < -0.3 is 9.84 Å². The van der Waals surface area contributed by atoms with Crippen molar-refractivity contribution in [3.63, 3.8) is 0 Å². The third-order valence-corrected chi connectivity index (χ3v) is 2.34. The molecule has 0 fully saturated rings. The smallest absolute Gasteiger partial charge is 0.380 e. The van der Waals surface area contributed by atoms with Crippen LogP contribution in [0, 0.1) is 12.7 Å². The fourth-order valence-electron chi connectivity index (χ4n) is 1.41. The molecule has 0 spiro atoms. The van der Waals surface area contributed by atoms with Crippen LogP contribution < -0.4 is 0 Å². The lowest BCUT2D eigenvalue weighted by Gasteiger charge is -2.21. The molecule has 0 heterocycles. The van der Waals surface area contributed by atoms with Crippen molar-refractivity contribution >= 4 is 5.97 Å². The van der Waals surface area contributed by atoms with Gasteiger partial charge >= 0.3 is 11.9 Å². The minimum absolute atomic E-state index is 0.253. The molecule has 18 heavy (non-hydrogen) atoms. The van der Waals surface area contributed by atoms with Crippen molar-refractivity contribution in [1.29, 1.82) is 0 Å². The maximum Gasteiger partial charge on any atom is 0.380 e. The number of ether oxygens (including phenoxy) is 1. The molecule has 0 aromatic heterocycles. The highest BCUT2D eigenvalue weighted by Gasteiger charge is 2.49. The Morgan fingerprint density at radius 3 is 2.67 bits per heavy atom. The molecule has 0 amide bonds. The molecular weight excluding hydrogens is 249 g/mol. The zero-order valence-electron chi connectivity index (χ0n) is 9.91. The van der Waals surface area contributed by atoms with Crippen molar-refractivity contribution in [3.8, 4) is 0 Å². The third-order valence-electron chi connectivity index (χ3n) is 2.34. The summed E-state index contributed by atoms with van der Waals surface area (Å²) in [6.07, 6.45) is -2.57.